The number of aromatic nitrogens is 2. The average molecular weight is 356 g/mol. The highest BCUT2D eigenvalue weighted by molar-refractivity contribution is 5.92. The molecular weight excluding hydrogens is 336 g/mol. The predicted octanol–water partition coefficient (Wildman–Crippen LogP) is -0.889. The number of carbonyl (C=O) groups is 2. The second-order valence-corrected chi connectivity index (χ2v) is 5.25. The second kappa shape index (κ2) is 9.88. The number of ether oxygens (including phenoxy) is 2. The Morgan fingerprint density at radius 3 is 1.65 bits per heavy atom. The van der Waals surface area contributed by atoms with Crippen LogP contribution in [0.4, 0.5) is 0 Å². The number of nitrogens with two attached hydrogens (primary N) is 2. The largest absolute Gasteiger partial charge is 0.365 e. The molecule has 0 aliphatic carbocycles. The van der Waals surface area contributed by atoms with Crippen molar-refractivity contribution < 1.29 is 28.2 Å². The first-order chi connectivity index (χ1) is 12.6. The quantitative estimate of drug-likeness (QED) is 0.363. The molecule has 0 unspecified atom stereocenters. The summed E-state index contributed by atoms with van der Waals surface area (Å²) in [6.07, 6.45) is 6.74. The monoisotopic (exact) mass is 356 g/mol. The third-order valence-corrected chi connectivity index (χ3v) is 3.24. The fourth-order valence-corrected chi connectivity index (χ4v) is 2.00. The van der Waals surface area contributed by atoms with E-state index in [1.807, 2.05) is 0 Å². The van der Waals surface area contributed by atoms with Crippen LogP contribution in [-0.2, 0) is 22.9 Å². The number of carbonyl (C=O) groups excluding carboxylic acids is 2. The van der Waals surface area contributed by atoms with E-state index >= 15 is 0 Å². The lowest BCUT2D eigenvalue weighted by Crippen LogP contribution is -2.36. The number of rotatable bonds is 8. The van der Waals surface area contributed by atoms with Crippen LogP contribution in [0.5, 0.6) is 0 Å². The summed E-state index contributed by atoms with van der Waals surface area (Å²) in [6.45, 7) is 0.960. The summed E-state index contributed by atoms with van der Waals surface area (Å²) in [5.41, 5.74) is 11.3. The van der Waals surface area contributed by atoms with E-state index in [4.69, 9.17) is 20.9 Å². The zero-order valence-corrected chi connectivity index (χ0v) is 14.1. The maximum Gasteiger partial charge on any atom is 0.254 e. The summed E-state index contributed by atoms with van der Waals surface area (Å²) < 4.78 is 14.2. The second-order valence-electron chi connectivity index (χ2n) is 5.25. The van der Waals surface area contributed by atoms with Gasteiger partial charge in [-0.25, -0.2) is 0 Å². The Hall–Kier alpha value is -3.28. The van der Waals surface area contributed by atoms with Gasteiger partial charge in [0.2, 0.25) is 0 Å². The van der Waals surface area contributed by atoms with Gasteiger partial charge in [-0.3, -0.25) is 9.59 Å². The molecule has 8 nitrogen and oxygen atoms in total. The van der Waals surface area contributed by atoms with E-state index in [-0.39, 0.29) is 26.7 Å². The summed E-state index contributed by atoms with van der Waals surface area (Å²) in [4.78, 5) is 22.2. The molecule has 0 radical (unpaired) electrons. The molecule has 8 heteroatoms. The Labute approximate surface area is 150 Å². The number of amides is 2. The number of hydrogen-bond acceptors (Lipinski definition) is 4. The lowest BCUT2D eigenvalue weighted by molar-refractivity contribution is -0.732. The van der Waals surface area contributed by atoms with Crippen LogP contribution in [0.15, 0.2) is 49.1 Å². The van der Waals surface area contributed by atoms with Gasteiger partial charge in [0.25, 0.3) is 25.3 Å². The highest BCUT2D eigenvalue weighted by atomic mass is 16.5. The molecule has 2 aromatic heterocycles. The molecule has 0 fully saturated rings. The van der Waals surface area contributed by atoms with Gasteiger partial charge in [0, 0.05) is 12.1 Å². The molecule has 2 rings (SSSR count). The van der Waals surface area contributed by atoms with Crippen LogP contribution < -0.4 is 20.6 Å². The van der Waals surface area contributed by atoms with Crippen LogP contribution in [0.3, 0.4) is 0 Å². The van der Waals surface area contributed by atoms with Gasteiger partial charge < -0.3 is 20.9 Å². The van der Waals surface area contributed by atoms with Crippen molar-refractivity contribution in [2.75, 3.05) is 13.2 Å². The van der Waals surface area contributed by atoms with Gasteiger partial charge in [-0.15, -0.1) is 0 Å². The molecule has 0 saturated carbocycles. The van der Waals surface area contributed by atoms with Crippen molar-refractivity contribution in [2.24, 2.45) is 11.5 Å². The van der Waals surface area contributed by atoms with Crippen molar-refractivity contribution in [3.05, 3.63) is 60.2 Å². The fraction of sp³-hybridized carbons (Fsp3) is 0.222. The van der Waals surface area contributed by atoms with Crippen LogP contribution in [-0.4, -0.2) is 25.0 Å². The van der Waals surface area contributed by atoms with E-state index < -0.39 is 11.8 Å². The van der Waals surface area contributed by atoms with Crippen molar-refractivity contribution in [1.82, 2.24) is 0 Å². The summed E-state index contributed by atoms with van der Waals surface area (Å²) in [6, 6.07) is 6.70. The number of primary amides is 2. The minimum absolute atomic E-state index is 0.224. The van der Waals surface area contributed by atoms with Gasteiger partial charge in [0.15, 0.2) is 24.8 Å². The molecule has 134 valence electrons. The first-order valence-electron chi connectivity index (χ1n) is 7.75. The molecule has 26 heavy (non-hydrogen) atoms. The normalized spacial score (nSPS) is 10.0. The zero-order valence-electron chi connectivity index (χ0n) is 14.1. The van der Waals surface area contributed by atoms with Crippen LogP contribution in [0.2, 0.25) is 0 Å². The van der Waals surface area contributed by atoms with Crippen LogP contribution in [0, 0.1) is 11.8 Å². The van der Waals surface area contributed by atoms with E-state index in [1.165, 1.54) is 0 Å². The Bertz CT molecular complexity index is 775. The van der Waals surface area contributed by atoms with Gasteiger partial charge in [-0.05, 0) is 12.1 Å². The number of hydrogen-bond donors (Lipinski definition) is 2. The van der Waals surface area contributed by atoms with E-state index in [9.17, 15) is 9.59 Å². The maximum absolute atomic E-state index is 11.1. The third kappa shape index (κ3) is 6.32. The van der Waals surface area contributed by atoms with Crippen LogP contribution >= 0.6 is 0 Å². The van der Waals surface area contributed by atoms with Crippen LogP contribution in [0.25, 0.3) is 0 Å². The standard InChI is InChI=1S/C18H18N4O4/c19-17(23)15-5-3-7-21(11-15)13-25-9-1-2-10-26-14-22-8-4-6-16(12-22)18(20)24/h3-8,11-12H,9-10,13-14H2,(H2-2,19,20,23,24)/p+2. The van der Waals surface area contributed by atoms with Crippen molar-refractivity contribution in [1.29, 1.82) is 0 Å². The predicted molar refractivity (Wildman–Crippen MR) is 90.0 cm³/mol. The van der Waals surface area contributed by atoms with E-state index in [2.05, 4.69) is 11.8 Å². The summed E-state index contributed by atoms with van der Waals surface area (Å²) in [7, 11) is 0. The molecule has 0 atom stereocenters. The van der Waals surface area contributed by atoms with Crippen molar-refractivity contribution in [2.45, 2.75) is 13.5 Å². The average Bonchev–Trinajstić information content (AvgIpc) is 2.64. The van der Waals surface area contributed by atoms with Gasteiger partial charge in [-0.2, -0.15) is 9.13 Å². The summed E-state index contributed by atoms with van der Waals surface area (Å²) >= 11 is 0. The highest BCUT2D eigenvalue weighted by Crippen LogP contribution is 1.93. The van der Waals surface area contributed by atoms with Crippen molar-refractivity contribution in [3.63, 3.8) is 0 Å². The van der Waals surface area contributed by atoms with Crippen LogP contribution in [0.1, 0.15) is 20.7 Å². The zero-order chi connectivity index (χ0) is 18.8. The smallest absolute Gasteiger partial charge is 0.254 e. The van der Waals surface area contributed by atoms with Gasteiger partial charge in [0.1, 0.15) is 24.3 Å². The maximum atomic E-state index is 11.1. The molecule has 0 aliphatic heterocycles. The summed E-state index contributed by atoms with van der Waals surface area (Å²) in [5, 5.41) is 0. The highest BCUT2D eigenvalue weighted by Gasteiger charge is 2.07. The molecular formula is C18H20N4O4+2. The Balaban J connectivity index is 1.67. The topological polar surface area (TPSA) is 112 Å². The lowest BCUT2D eigenvalue weighted by Gasteiger charge is -1.98. The lowest BCUT2D eigenvalue weighted by atomic mass is 10.3. The van der Waals surface area contributed by atoms with Crippen molar-refractivity contribution in [3.8, 4) is 11.8 Å². The number of nitrogens with zero attached hydrogens (tertiary/aromatic N) is 2. The Morgan fingerprint density at radius 2 is 1.27 bits per heavy atom. The first-order valence-corrected chi connectivity index (χ1v) is 7.75. The van der Waals surface area contributed by atoms with Gasteiger partial charge in [-0.1, -0.05) is 11.8 Å². The van der Waals surface area contributed by atoms with E-state index in [0.29, 0.717) is 11.1 Å². The molecule has 2 amide bonds. The molecule has 0 aromatic carbocycles. The molecule has 0 spiro atoms. The van der Waals surface area contributed by atoms with Gasteiger partial charge in [0.05, 0.1) is 0 Å². The molecule has 0 bridgehead atoms. The SMILES string of the molecule is NC(=O)c1ccc[n+](COCC#CCOC[n+]2cccc(C(N)=O)c2)c1. The Kier molecular flexibility index (Phi) is 7.24. The van der Waals surface area contributed by atoms with Gasteiger partial charge >= 0.3 is 0 Å². The molecule has 2 aromatic rings. The summed E-state index contributed by atoms with van der Waals surface area (Å²) in [5.74, 6) is 4.67. The number of pyridine rings is 2. The molecule has 0 aliphatic rings. The fourth-order valence-electron chi connectivity index (χ4n) is 2.00. The van der Waals surface area contributed by atoms with E-state index in [0.717, 1.165) is 0 Å². The van der Waals surface area contributed by atoms with Crippen molar-refractivity contribution >= 4 is 11.8 Å². The van der Waals surface area contributed by atoms with E-state index in [1.54, 1.807) is 58.2 Å². The Morgan fingerprint density at radius 1 is 0.846 bits per heavy atom. The molecule has 2 heterocycles. The minimum Gasteiger partial charge on any atom is -0.365 e. The molecule has 4 N–H and O–H groups in total. The minimum atomic E-state index is -0.490. The third-order valence-electron chi connectivity index (χ3n) is 3.24. The first kappa shape index (κ1) is 19.1. The molecule has 0 saturated heterocycles.